The van der Waals surface area contributed by atoms with Crippen molar-refractivity contribution in [3.05, 3.63) is 56.7 Å². The lowest BCUT2D eigenvalue weighted by Crippen LogP contribution is -2.46. The Morgan fingerprint density at radius 2 is 2.00 bits per heavy atom. The van der Waals surface area contributed by atoms with Gasteiger partial charge in [-0.3, -0.25) is 4.79 Å². The Morgan fingerprint density at radius 3 is 2.52 bits per heavy atom. The van der Waals surface area contributed by atoms with E-state index in [2.05, 4.69) is 22.0 Å². The number of nitrogens with two attached hydrogens (primary N) is 1. The Hall–Kier alpha value is -1.68. The van der Waals surface area contributed by atoms with Crippen molar-refractivity contribution in [2.24, 2.45) is 11.7 Å². The predicted octanol–water partition coefficient (Wildman–Crippen LogP) is 4.33. The highest BCUT2D eigenvalue weighted by atomic mass is 79.9. The summed E-state index contributed by atoms with van der Waals surface area (Å²) in [6.07, 6.45) is 0.595. The molecule has 0 aliphatic heterocycles. The van der Waals surface area contributed by atoms with Crippen molar-refractivity contribution < 1.29 is 4.79 Å². The molecular formula is C19H22BrN3OS. The van der Waals surface area contributed by atoms with Gasteiger partial charge in [0.05, 0.1) is 18.2 Å². The van der Waals surface area contributed by atoms with Gasteiger partial charge in [-0.05, 0) is 41.5 Å². The topological polar surface area (TPSA) is 70.1 Å². The van der Waals surface area contributed by atoms with Crippen LogP contribution in [0.5, 0.6) is 0 Å². The zero-order chi connectivity index (χ0) is 18.4. The van der Waals surface area contributed by atoms with E-state index < -0.39 is 6.04 Å². The molecule has 6 heteroatoms. The number of amides is 1. The highest BCUT2D eigenvalue weighted by molar-refractivity contribution is 9.10. The van der Waals surface area contributed by atoms with Crippen LogP contribution in [0, 0.1) is 17.2 Å². The Bertz CT molecular complexity index is 722. The Labute approximate surface area is 161 Å². The third-order valence-electron chi connectivity index (χ3n) is 3.88. The highest BCUT2D eigenvalue weighted by Crippen LogP contribution is 2.33. The van der Waals surface area contributed by atoms with Crippen LogP contribution in [0.2, 0.25) is 0 Å². The molecule has 25 heavy (non-hydrogen) atoms. The molecule has 0 saturated carbocycles. The second kappa shape index (κ2) is 9.14. The number of hydrogen-bond acceptors (Lipinski definition) is 4. The molecule has 0 fully saturated rings. The van der Waals surface area contributed by atoms with Crippen LogP contribution in [0.4, 0.5) is 0 Å². The summed E-state index contributed by atoms with van der Waals surface area (Å²) in [7, 11) is 0. The molecule has 2 N–H and O–H groups in total. The number of thiophene rings is 1. The van der Waals surface area contributed by atoms with E-state index in [-0.39, 0.29) is 18.5 Å². The molecule has 2 aromatic rings. The molecule has 0 aliphatic rings. The van der Waals surface area contributed by atoms with E-state index >= 15 is 0 Å². The number of halogens is 1. The highest BCUT2D eigenvalue weighted by Gasteiger charge is 2.30. The summed E-state index contributed by atoms with van der Waals surface area (Å²) in [5.74, 6) is 0.132. The van der Waals surface area contributed by atoms with Gasteiger partial charge in [0.25, 0.3) is 0 Å². The molecule has 1 aromatic heterocycles. The van der Waals surface area contributed by atoms with Crippen LogP contribution in [-0.4, -0.2) is 23.4 Å². The van der Waals surface area contributed by atoms with Gasteiger partial charge in [0.1, 0.15) is 6.54 Å². The van der Waals surface area contributed by atoms with E-state index in [9.17, 15) is 10.1 Å². The molecule has 0 unspecified atom stereocenters. The fourth-order valence-electron chi connectivity index (χ4n) is 2.78. The van der Waals surface area contributed by atoms with E-state index in [4.69, 9.17) is 5.73 Å². The molecule has 1 amide bonds. The summed E-state index contributed by atoms with van der Waals surface area (Å²) in [6, 6.07) is 13.0. The molecule has 1 aromatic carbocycles. The quantitative estimate of drug-likeness (QED) is 0.678. The van der Waals surface area contributed by atoms with Gasteiger partial charge in [0, 0.05) is 9.35 Å². The summed E-state index contributed by atoms with van der Waals surface area (Å²) in [5.41, 5.74) is 7.10. The van der Waals surface area contributed by atoms with Gasteiger partial charge >= 0.3 is 0 Å². The largest absolute Gasteiger partial charge is 0.320 e. The fraction of sp³-hybridized carbons (Fsp3) is 0.368. The fourth-order valence-corrected chi connectivity index (χ4v) is 3.91. The van der Waals surface area contributed by atoms with E-state index in [1.54, 1.807) is 16.2 Å². The standard InChI is InChI=1S/C19H22BrN3OS/c1-13(2)12-16(22)19(24)23(10-9-21)18(17-4-3-11-25-17)14-5-7-15(20)8-6-14/h3-8,11,13,16,18H,10,12,22H2,1-2H3/t16-,18-/m0/s1. The minimum Gasteiger partial charge on any atom is -0.320 e. The smallest absolute Gasteiger partial charge is 0.241 e. The molecule has 132 valence electrons. The maximum absolute atomic E-state index is 13.0. The number of nitriles is 1. The SMILES string of the molecule is CC(C)C[C@H](N)C(=O)N(CC#N)[C@@H](c1ccc(Br)cc1)c1cccs1. The van der Waals surface area contributed by atoms with Crippen LogP contribution < -0.4 is 5.73 Å². The zero-order valence-corrected chi connectivity index (χ0v) is 16.8. The summed E-state index contributed by atoms with van der Waals surface area (Å²) >= 11 is 5.01. The minimum atomic E-state index is -0.605. The number of rotatable bonds is 7. The number of benzene rings is 1. The third kappa shape index (κ3) is 5.15. The summed E-state index contributed by atoms with van der Waals surface area (Å²) in [5, 5.41) is 11.3. The number of carbonyl (C=O) groups excluding carboxylic acids is 1. The number of hydrogen-bond donors (Lipinski definition) is 1. The molecule has 0 aliphatic carbocycles. The average molecular weight is 420 g/mol. The maximum atomic E-state index is 13.0. The van der Waals surface area contributed by atoms with E-state index in [0.717, 1.165) is 14.9 Å². The lowest BCUT2D eigenvalue weighted by atomic mass is 9.99. The van der Waals surface area contributed by atoms with E-state index in [1.165, 1.54) is 0 Å². The van der Waals surface area contributed by atoms with Gasteiger partial charge in [-0.25, -0.2) is 0 Å². The molecule has 2 atom stereocenters. The van der Waals surface area contributed by atoms with Gasteiger partial charge in [-0.15, -0.1) is 11.3 Å². The predicted molar refractivity (Wildman–Crippen MR) is 105 cm³/mol. The summed E-state index contributed by atoms with van der Waals surface area (Å²) in [4.78, 5) is 15.6. The molecule has 0 radical (unpaired) electrons. The first-order valence-electron chi connectivity index (χ1n) is 8.16. The Balaban J connectivity index is 2.42. The van der Waals surface area contributed by atoms with Crippen LogP contribution in [0.1, 0.15) is 36.8 Å². The minimum absolute atomic E-state index is 0.00323. The van der Waals surface area contributed by atoms with Crippen LogP contribution in [0.3, 0.4) is 0 Å². The van der Waals surface area contributed by atoms with Crippen LogP contribution in [0.15, 0.2) is 46.3 Å². The van der Waals surface area contributed by atoms with Crippen molar-refractivity contribution in [3.63, 3.8) is 0 Å². The van der Waals surface area contributed by atoms with Gasteiger partial charge in [0.2, 0.25) is 5.91 Å². The Morgan fingerprint density at radius 1 is 1.32 bits per heavy atom. The Kier molecular flexibility index (Phi) is 7.18. The average Bonchev–Trinajstić information content (AvgIpc) is 3.09. The molecule has 4 nitrogen and oxygen atoms in total. The zero-order valence-electron chi connectivity index (χ0n) is 14.4. The van der Waals surface area contributed by atoms with Gasteiger partial charge < -0.3 is 10.6 Å². The molecule has 0 saturated heterocycles. The molecule has 1 heterocycles. The van der Waals surface area contributed by atoms with Gasteiger partial charge in [0.15, 0.2) is 0 Å². The van der Waals surface area contributed by atoms with Crippen LogP contribution in [-0.2, 0) is 4.79 Å². The van der Waals surface area contributed by atoms with E-state index in [0.29, 0.717) is 12.3 Å². The molecule has 0 spiro atoms. The van der Waals surface area contributed by atoms with Crippen molar-refractivity contribution >= 4 is 33.2 Å². The second-order valence-corrected chi connectivity index (χ2v) is 8.22. The van der Waals surface area contributed by atoms with Crippen molar-refractivity contribution in [1.29, 1.82) is 5.26 Å². The number of nitrogens with zero attached hydrogens (tertiary/aromatic N) is 2. The van der Waals surface area contributed by atoms with Crippen molar-refractivity contribution in [1.82, 2.24) is 4.90 Å². The number of carbonyl (C=O) groups is 1. The summed E-state index contributed by atoms with van der Waals surface area (Å²) in [6.45, 7) is 4.07. The molecular weight excluding hydrogens is 398 g/mol. The lowest BCUT2D eigenvalue weighted by molar-refractivity contribution is -0.134. The first kappa shape index (κ1) is 19.6. The first-order valence-corrected chi connectivity index (χ1v) is 9.83. The lowest BCUT2D eigenvalue weighted by Gasteiger charge is -2.32. The van der Waals surface area contributed by atoms with Crippen LogP contribution >= 0.6 is 27.3 Å². The van der Waals surface area contributed by atoms with Crippen molar-refractivity contribution in [3.8, 4) is 6.07 Å². The second-order valence-electron chi connectivity index (χ2n) is 6.33. The first-order chi connectivity index (χ1) is 11.9. The molecule has 0 bridgehead atoms. The van der Waals surface area contributed by atoms with Crippen LogP contribution in [0.25, 0.3) is 0 Å². The van der Waals surface area contributed by atoms with Crippen molar-refractivity contribution in [2.75, 3.05) is 6.54 Å². The van der Waals surface area contributed by atoms with Gasteiger partial charge in [-0.2, -0.15) is 5.26 Å². The third-order valence-corrected chi connectivity index (χ3v) is 5.33. The van der Waals surface area contributed by atoms with Crippen molar-refractivity contribution in [2.45, 2.75) is 32.4 Å². The van der Waals surface area contributed by atoms with Gasteiger partial charge in [-0.1, -0.05) is 48.0 Å². The normalized spacial score (nSPS) is 13.3. The summed E-state index contributed by atoms with van der Waals surface area (Å²) < 4.78 is 0.968. The van der Waals surface area contributed by atoms with E-state index in [1.807, 2.05) is 55.6 Å². The monoisotopic (exact) mass is 419 g/mol. The molecule has 2 rings (SSSR count). The maximum Gasteiger partial charge on any atom is 0.241 e.